The number of aryl methyl sites for hydroxylation is 3. The van der Waals surface area contributed by atoms with Crippen LogP contribution in [0.4, 0.5) is 0 Å². The minimum absolute atomic E-state index is 1.04. The van der Waals surface area contributed by atoms with Crippen LogP contribution in [0, 0.1) is 6.92 Å². The van der Waals surface area contributed by atoms with Gasteiger partial charge in [0.05, 0.1) is 0 Å². The number of benzene rings is 1. The predicted molar refractivity (Wildman–Crippen MR) is 71.8 cm³/mol. The highest BCUT2D eigenvalue weighted by atomic mass is 14.1. The first-order valence-electron chi connectivity index (χ1n) is 6.63. The zero-order chi connectivity index (χ0) is 12.0. The van der Waals surface area contributed by atoms with E-state index in [0.29, 0.717) is 0 Å². The molecule has 2 radical (unpaired) electrons. The molecule has 0 N–H and O–H groups in total. The first-order valence-corrected chi connectivity index (χ1v) is 6.63. The van der Waals surface area contributed by atoms with E-state index in [9.17, 15) is 0 Å². The van der Waals surface area contributed by atoms with E-state index in [2.05, 4.69) is 32.9 Å². The Labute approximate surface area is 101 Å². The van der Waals surface area contributed by atoms with Gasteiger partial charge in [-0.15, -0.1) is 0 Å². The lowest BCUT2D eigenvalue weighted by Crippen LogP contribution is -1.99. The third-order valence-electron chi connectivity index (χ3n) is 2.99. The average molecular weight is 216 g/mol. The van der Waals surface area contributed by atoms with Crippen molar-refractivity contribution in [1.82, 2.24) is 0 Å². The summed E-state index contributed by atoms with van der Waals surface area (Å²) >= 11 is 0. The molecule has 0 unspecified atom stereocenters. The van der Waals surface area contributed by atoms with Gasteiger partial charge >= 0.3 is 0 Å². The van der Waals surface area contributed by atoms with Crippen LogP contribution in [0.25, 0.3) is 0 Å². The Morgan fingerprint density at radius 2 is 1.25 bits per heavy atom. The van der Waals surface area contributed by atoms with Crippen molar-refractivity contribution in [2.75, 3.05) is 0 Å². The van der Waals surface area contributed by atoms with Crippen LogP contribution in [0.3, 0.4) is 0 Å². The molecule has 0 saturated heterocycles. The van der Waals surface area contributed by atoms with Crippen LogP contribution in [0.15, 0.2) is 12.1 Å². The molecule has 0 spiro atoms. The number of rotatable bonds is 6. The normalized spacial score (nSPS) is 10.8. The largest absolute Gasteiger partial charge is 0.0651 e. The molecule has 0 heteroatoms. The molecular formula is C16H24. The molecular weight excluding hydrogens is 192 g/mol. The molecule has 0 heterocycles. The maximum absolute atomic E-state index is 6.22. The lowest BCUT2D eigenvalue weighted by molar-refractivity contribution is 0.864. The Hall–Kier alpha value is -0.780. The minimum atomic E-state index is 1.04. The highest BCUT2D eigenvalue weighted by Crippen LogP contribution is 2.21. The van der Waals surface area contributed by atoms with Gasteiger partial charge in [0.2, 0.25) is 0 Å². The molecule has 0 aliphatic heterocycles. The average Bonchev–Trinajstić information content (AvgIpc) is 2.26. The van der Waals surface area contributed by atoms with Gasteiger partial charge in [0, 0.05) is 0 Å². The summed E-state index contributed by atoms with van der Waals surface area (Å²) in [6.45, 7) is 12.9. The zero-order valence-corrected chi connectivity index (χ0v) is 11.0. The van der Waals surface area contributed by atoms with E-state index >= 15 is 0 Å². The highest BCUT2D eigenvalue weighted by molar-refractivity contribution is 5.41. The fraction of sp³-hybridized carbons (Fsp3) is 0.562. The SMILES string of the molecule is [CH]c1c(CCC)cc(CCC)cc1CCC. The Morgan fingerprint density at radius 3 is 1.62 bits per heavy atom. The number of hydrogen-bond acceptors (Lipinski definition) is 0. The van der Waals surface area contributed by atoms with Crippen LogP contribution >= 0.6 is 0 Å². The van der Waals surface area contributed by atoms with Crippen LogP contribution in [0.2, 0.25) is 0 Å². The topological polar surface area (TPSA) is 0 Å². The standard InChI is InChI=1S/C16H24/c1-5-8-14-11-15(9-6-2)13(4)16(12-14)10-7-3/h4,11-12H,5-10H2,1-3H3. The first-order chi connectivity index (χ1) is 7.72. The van der Waals surface area contributed by atoms with E-state index in [1.807, 2.05) is 0 Å². The molecule has 16 heavy (non-hydrogen) atoms. The fourth-order valence-electron chi connectivity index (χ4n) is 2.24. The summed E-state index contributed by atoms with van der Waals surface area (Å²) < 4.78 is 0. The maximum Gasteiger partial charge on any atom is -0.000617 e. The molecule has 0 amide bonds. The minimum Gasteiger partial charge on any atom is -0.0651 e. The van der Waals surface area contributed by atoms with Crippen molar-refractivity contribution >= 4 is 0 Å². The van der Waals surface area contributed by atoms with Crippen LogP contribution in [0.5, 0.6) is 0 Å². The van der Waals surface area contributed by atoms with Gasteiger partial charge in [-0.3, -0.25) is 0 Å². The maximum atomic E-state index is 6.22. The summed E-state index contributed by atoms with van der Waals surface area (Å²) in [6.07, 6.45) is 6.95. The molecule has 0 nitrogen and oxygen atoms in total. The van der Waals surface area contributed by atoms with Crippen molar-refractivity contribution in [2.24, 2.45) is 0 Å². The summed E-state index contributed by atoms with van der Waals surface area (Å²) in [7, 11) is 0. The van der Waals surface area contributed by atoms with E-state index in [1.165, 1.54) is 42.4 Å². The molecule has 0 fully saturated rings. The summed E-state index contributed by atoms with van der Waals surface area (Å²) in [4.78, 5) is 0. The molecule has 0 bridgehead atoms. The smallest absolute Gasteiger partial charge is 0.000617 e. The highest BCUT2D eigenvalue weighted by Gasteiger charge is 2.06. The zero-order valence-electron chi connectivity index (χ0n) is 11.0. The molecule has 0 atom stereocenters. The van der Waals surface area contributed by atoms with Crippen molar-refractivity contribution in [2.45, 2.75) is 59.3 Å². The second kappa shape index (κ2) is 6.73. The molecule has 0 saturated carbocycles. The Kier molecular flexibility index (Phi) is 5.59. The lowest BCUT2D eigenvalue weighted by Gasteiger charge is -2.13. The monoisotopic (exact) mass is 216 g/mol. The van der Waals surface area contributed by atoms with Crippen molar-refractivity contribution in [3.8, 4) is 0 Å². The molecule has 88 valence electrons. The second-order valence-electron chi connectivity index (χ2n) is 4.58. The quantitative estimate of drug-likeness (QED) is 0.651. The molecule has 0 aliphatic rings. The van der Waals surface area contributed by atoms with E-state index in [-0.39, 0.29) is 0 Å². The number of hydrogen-bond donors (Lipinski definition) is 0. The summed E-state index contributed by atoms with van der Waals surface area (Å²) in [5.41, 5.74) is 5.22. The lowest BCUT2D eigenvalue weighted by atomic mass is 9.92. The summed E-state index contributed by atoms with van der Waals surface area (Å²) in [5.74, 6) is 0. The third kappa shape index (κ3) is 3.37. The van der Waals surface area contributed by atoms with Crippen LogP contribution < -0.4 is 0 Å². The molecule has 0 aliphatic carbocycles. The van der Waals surface area contributed by atoms with Crippen molar-refractivity contribution in [3.05, 3.63) is 41.3 Å². The second-order valence-corrected chi connectivity index (χ2v) is 4.58. The fourth-order valence-corrected chi connectivity index (χ4v) is 2.24. The van der Waals surface area contributed by atoms with Crippen LogP contribution in [-0.2, 0) is 19.3 Å². The third-order valence-corrected chi connectivity index (χ3v) is 2.99. The first kappa shape index (κ1) is 13.3. The van der Waals surface area contributed by atoms with E-state index < -0.39 is 0 Å². The van der Waals surface area contributed by atoms with Crippen LogP contribution in [0.1, 0.15) is 62.3 Å². The van der Waals surface area contributed by atoms with Gasteiger partial charge in [-0.1, -0.05) is 52.2 Å². The van der Waals surface area contributed by atoms with Gasteiger partial charge in [-0.05, 0) is 48.4 Å². The molecule has 1 aromatic rings. The van der Waals surface area contributed by atoms with Gasteiger partial charge in [0.25, 0.3) is 0 Å². The van der Waals surface area contributed by atoms with Gasteiger partial charge < -0.3 is 0 Å². The van der Waals surface area contributed by atoms with Gasteiger partial charge in [0.15, 0.2) is 0 Å². The Balaban J connectivity index is 3.05. The van der Waals surface area contributed by atoms with Gasteiger partial charge in [0.1, 0.15) is 0 Å². The molecule has 1 rings (SSSR count). The van der Waals surface area contributed by atoms with Crippen LogP contribution in [-0.4, -0.2) is 0 Å². The van der Waals surface area contributed by atoms with Gasteiger partial charge in [-0.2, -0.15) is 0 Å². The molecule has 1 aromatic carbocycles. The molecule has 0 aromatic heterocycles. The summed E-state index contributed by atoms with van der Waals surface area (Å²) in [5, 5.41) is 0. The van der Waals surface area contributed by atoms with Crippen molar-refractivity contribution in [3.63, 3.8) is 0 Å². The van der Waals surface area contributed by atoms with E-state index in [1.54, 1.807) is 0 Å². The predicted octanol–water partition coefficient (Wildman–Crippen LogP) is 4.60. The van der Waals surface area contributed by atoms with Gasteiger partial charge in [-0.25, -0.2) is 0 Å². The van der Waals surface area contributed by atoms with E-state index in [4.69, 9.17) is 6.92 Å². The summed E-state index contributed by atoms with van der Waals surface area (Å²) in [6, 6.07) is 4.61. The van der Waals surface area contributed by atoms with E-state index in [0.717, 1.165) is 18.4 Å². The Morgan fingerprint density at radius 1 is 0.812 bits per heavy atom. The van der Waals surface area contributed by atoms with Crippen molar-refractivity contribution < 1.29 is 0 Å². The Bertz CT molecular complexity index is 296. The van der Waals surface area contributed by atoms with Crippen molar-refractivity contribution in [1.29, 1.82) is 0 Å².